The lowest BCUT2D eigenvalue weighted by Crippen LogP contribution is -2.43. The van der Waals surface area contributed by atoms with Gasteiger partial charge in [0.15, 0.2) is 5.12 Å². The molecule has 0 spiro atoms. The minimum atomic E-state index is 0.256. The zero-order valence-corrected chi connectivity index (χ0v) is 12.6. The Balaban J connectivity index is 1.76. The molecule has 0 aliphatic carbocycles. The number of piperazine rings is 1. The van der Waals surface area contributed by atoms with Crippen molar-refractivity contribution in [3.8, 4) is 0 Å². The first-order valence-electron chi connectivity index (χ1n) is 7.35. The predicted octanol–water partition coefficient (Wildman–Crippen LogP) is 2.51. The number of nitrogens with one attached hydrogen (secondary N) is 1. The Labute approximate surface area is 116 Å². The summed E-state index contributed by atoms with van der Waals surface area (Å²) in [6.07, 6.45) is 7.89. The Hall–Kier alpha value is -0.0600. The molecule has 0 aromatic heterocycles. The van der Waals surface area contributed by atoms with Crippen molar-refractivity contribution in [3.05, 3.63) is 0 Å². The fourth-order valence-electron chi connectivity index (χ4n) is 2.30. The minimum Gasteiger partial charge on any atom is -0.314 e. The van der Waals surface area contributed by atoms with E-state index in [2.05, 4.69) is 10.2 Å². The second kappa shape index (κ2) is 10.8. The summed E-state index contributed by atoms with van der Waals surface area (Å²) in [6.45, 7) is 7.70. The lowest BCUT2D eigenvalue weighted by atomic mass is 10.1. The van der Waals surface area contributed by atoms with Gasteiger partial charge < -0.3 is 10.2 Å². The molecule has 0 atom stereocenters. The molecule has 1 fully saturated rings. The highest BCUT2D eigenvalue weighted by Crippen LogP contribution is 2.10. The monoisotopic (exact) mass is 272 g/mol. The summed E-state index contributed by atoms with van der Waals surface area (Å²) in [6, 6.07) is 0. The quantitative estimate of drug-likeness (QED) is 0.654. The second-order valence-electron chi connectivity index (χ2n) is 5.05. The van der Waals surface area contributed by atoms with Gasteiger partial charge >= 0.3 is 0 Å². The van der Waals surface area contributed by atoms with Gasteiger partial charge in [0.1, 0.15) is 0 Å². The van der Waals surface area contributed by atoms with Crippen molar-refractivity contribution >= 4 is 16.9 Å². The number of rotatable bonds is 9. The maximum atomic E-state index is 10.7. The van der Waals surface area contributed by atoms with Crippen molar-refractivity contribution in [2.24, 2.45) is 0 Å². The highest BCUT2D eigenvalue weighted by atomic mass is 32.2. The Bertz CT molecular complexity index is 218. The molecule has 0 bridgehead atoms. The molecule has 1 rings (SSSR count). The number of hydrogen-bond donors (Lipinski definition) is 1. The van der Waals surface area contributed by atoms with Gasteiger partial charge in [-0.25, -0.2) is 0 Å². The molecule has 1 aliphatic rings. The number of carbonyl (C=O) groups is 1. The average molecular weight is 272 g/mol. The SMILES string of the molecule is CC(=O)SCCCCCCCCN1CCNCC1. The Morgan fingerprint density at radius 2 is 1.67 bits per heavy atom. The molecule has 1 N–H and O–H groups in total. The van der Waals surface area contributed by atoms with E-state index in [0.717, 1.165) is 18.8 Å². The van der Waals surface area contributed by atoms with Gasteiger partial charge in [-0.05, 0) is 19.4 Å². The Morgan fingerprint density at radius 1 is 1.06 bits per heavy atom. The van der Waals surface area contributed by atoms with E-state index in [-0.39, 0.29) is 5.12 Å². The first-order chi connectivity index (χ1) is 8.79. The lowest BCUT2D eigenvalue weighted by molar-refractivity contribution is -0.109. The maximum absolute atomic E-state index is 10.7. The van der Waals surface area contributed by atoms with Crippen LogP contribution in [0.1, 0.15) is 45.4 Å². The fraction of sp³-hybridized carbons (Fsp3) is 0.929. The van der Waals surface area contributed by atoms with E-state index < -0.39 is 0 Å². The summed E-state index contributed by atoms with van der Waals surface area (Å²) in [7, 11) is 0. The third-order valence-corrected chi connectivity index (χ3v) is 4.28. The van der Waals surface area contributed by atoms with Crippen molar-refractivity contribution in [2.45, 2.75) is 45.4 Å². The molecule has 106 valence electrons. The van der Waals surface area contributed by atoms with Crippen molar-refractivity contribution in [1.82, 2.24) is 10.2 Å². The van der Waals surface area contributed by atoms with E-state index in [1.165, 1.54) is 69.9 Å². The third-order valence-electron chi connectivity index (χ3n) is 3.38. The third kappa shape index (κ3) is 8.95. The van der Waals surface area contributed by atoms with Crippen molar-refractivity contribution < 1.29 is 4.79 Å². The fourth-order valence-corrected chi connectivity index (χ4v) is 2.93. The van der Waals surface area contributed by atoms with E-state index in [4.69, 9.17) is 0 Å². The van der Waals surface area contributed by atoms with Crippen molar-refractivity contribution in [1.29, 1.82) is 0 Å². The molecule has 0 amide bonds. The van der Waals surface area contributed by atoms with Gasteiger partial charge in [0, 0.05) is 38.9 Å². The van der Waals surface area contributed by atoms with Crippen molar-refractivity contribution in [2.75, 3.05) is 38.5 Å². The summed E-state index contributed by atoms with van der Waals surface area (Å²) in [5.41, 5.74) is 0. The topological polar surface area (TPSA) is 32.3 Å². The van der Waals surface area contributed by atoms with Gasteiger partial charge in [0.2, 0.25) is 0 Å². The molecule has 0 unspecified atom stereocenters. The number of carbonyl (C=O) groups excluding carboxylic acids is 1. The second-order valence-corrected chi connectivity index (χ2v) is 6.32. The maximum Gasteiger partial charge on any atom is 0.185 e. The van der Waals surface area contributed by atoms with Gasteiger partial charge in [-0.3, -0.25) is 4.79 Å². The van der Waals surface area contributed by atoms with Crippen LogP contribution in [-0.2, 0) is 4.79 Å². The van der Waals surface area contributed by atoms with Crippen LogP contribution in [0.3, 0.4) is 0 Å². The van der Waals surface area contributed by atoms with Crippen LogP contribution >= 0.6 is 11.8 Å². The van der Waals surface area contributed by atoms with E-state index in [1.807, 2.05) is 0 Å². The molecule has 0 aromatic rings. The van der Waals surface area contributed by atoms with Gasteiger partial charge in [-0.1, -0.05) is 37.4 Å². The molecule has 3 nitrogen and oxygen atoms in total. The standard InChI is InChI=1S/C14H28N2OS/c1-14(17)18-13-7-5-3-2-4-6-10-16-11-8-15-9-12-16/h15H,2-13H2,1H3. The molecular weight excluding hydrogens is 244 g/mol. The normalized spacial score (nSPS) is 16.9. The number of nitrogens with zero attached hydrogens (tertiary/aromatic N) is 1. The average Bonchev–Trinajstić information content (AvgIpc) is 2.37. The molecular formula is C14H28N2OS. The first-order valence-corrected chi connectivity index (χ1v) is 8.34. The summed E-state index contributed by atoms with van der Waals surface area (Å²) in [5, 5.41) is 3.64. The van der Waals surface area contributed by atoms with Gasteiger partial charge in [0.05, 0.1) is 0 Å². The Morgan fingerprint density at radius 3 is 2.33 bits per heavy atom. The van der Waals surface area contributed by atoms with E-state index in [9.17, 15) is 4.79 Å². The van der Waals surface area contributed by atoms with Gasteiger partial charge in [0.25, 0.3) is 0 Å². The van der Waals surface area contributed by atoms with Crippen LogP contribution in [0.25, 0.3) is 0 Å². The van der Waals surface area contributed by atoms with Crippen LogP contribution in [0.4, 0.5) is 0 Å². The molecule has 0 saturated carbocycles. The largest absolute Gasteiger partial charge is 0.314 e. The van der Waals surface area contributed by atoms with Crippen LogP contribution in [0, 0.1) is 0 Å². The van der Waals surface area contributed by atoms with Crippen LogP contribution < -0.4 is 5.32 Å². The molecule has 0 radical (unpaired) electrons. The van der Waals surface area contributed by atoms with Crippen molar-refractivity contribution in [3.63, 3.8) is 0 Å². The van der Waals surface area contributed by atoms with Gasteiger partial charge in [-0.15, -0.1) is 0 Å². The van der Waals surface area contributed by atoms with Crippen LogP contribution in [0.5, 0.6) is 0 Å². The van der Waals surface area contributed by atoms with Crippen LogP contribution in [0.15, 0.2) is 0 Å². The molecule has 18 heavy (non-hydrogen) atoms. The summed E-state index contributed by atoms with van der Waals surface area (Å²) in [4.78, 5) is 13.3. The highest BCUT2D eigenvalue weighted by molar-refractivity contribution is 8.13. The van der Waals surface area contributed by atoms with E-state index >= 15 is 0 Å². The zero-order valence-electron chi connectivity index (χ0n) is 11.7. The molecule has 0 aromatic carbocycles. The van der Waals surface area contributed by atoms with Crippen LogP contribution in [-0.4, -0.2) is 48.5 Å². The number of hydrogen-bond acceptors (Lipinski definition) is 4. The zero-order chi connectivity index (χ0) is 13.1. The number of thioether (sulfide) groups is 1. The molecule has 1 aliphatic heterocycles. The smallest absolute Gasteiger partial charge is 0.185 e. The first kappa shape index (κ1) is 16.0. The van der Waals surface area contributed by atoms with E-state index in [1.54, 1.807) is 6.92 Å². The lowest BCUT2D eigenvalue weighted by Gasteiger charge is -2.27. The highest BCUT2D eigenvalue weighted by Gasteiger charge is 2.07. The minimum absolute atomic E-state index is 0.256. The molecule has 1 heterocycles. The Kier molecular flexibility index (Phi) is 9.62. The summed E-state index contributed by atoms with van der Waals surface area (Å²) < 4.78 is 0. The van der Waals surface area contributed by atoms with Crippen LogP contribution in [0.2, 0.25) is 0 Å². The molecule has 4 heteroatoms. The summed E-state index contributed by atoms with van der Waals surface area (Å²) in [5.74, 6) is 1.01. The number of unbranched alkanes of at least 4 members (excludes halogenated alkanes) is 5. The predicted molar refractivity (Wildman–Crippen MR) is 80.2 cm³/mol. The van der Waals surface area contributed by atoms with Gasteiger partial charge in [-0.2, -0.15) is 0 Å². The summed E-state index contributed by atoms with van der Waals surface area (Å²) >= 11 is 1.47. The van der Waals surface area contributed by atoms with E-state index in [0.29, 0.717) is 0 Å². The molecule has 1 saturated heterocycles.